The highest BCUT2D eigenvalue weighted by atomic mass is 32.1. The first-order valence-electron chi connectivity index (χ1n) is 5.93. The second-order valence-corrected chi connectivity index (χ2v) is 5.32. The van der Waals surface area contributed by atoms with Gasteiger partial charge in [-0.05, 0) is 19.1 Å². The van der Waals surface area contributed by atoms with Crippen LogP contribution in [0.4, 0.5) is 0 Å². The van der Waals surface area contributed by atoms with E-state index in [-0.39, 0.29) is 12.3 Å². The van der Waals surface area contributed by atoms with Crippen molar-refractivity contribution in [3.8, 4) is 0 Å². The zero-order valence-corrected chi connectivity index (χ0v) is 11.2. The molecular weight excluding hydrogens is 264 g/mol. The molecule has 1 atom stereocenters. The van der Waals surface area contributed by atoms with E-state index in [4.69, 9.17) is 5.11 Å². The van der Waals surface area contributed by atoms with E-state index in [1.807, 2.05) is 24.3 Å². The highest BCUT2D eigenvalue weighted by Crippen LogP contribution is 2.22. The average molecular weight is 278 g/mol. The molecule has 6 heteroatoms. The molecule has 1 aromatic heterocycles. The van der Waals surface area contributed by atoms with Crippen molar-refractivity contribution in [3.63, 3.8) is 0 Å². The molecule has 2 rings (SSSR count). The van der Waals surface area contributed by atoms with Crippen molar-refractivity contribution in [1.29, 1.82) is 0 Å². The lowest BCUT2D eigenvalue weighted by Gasteiger charge is -2.08. The van der Waals surface area contributed by atoms with Crippen LogP contribution in [0.5, 0.6) is 0 Å². The number of carboxylic acids is 1. The summed E-state index contributed by atoms with van der Waals surface area (Å²) in [5.74, 6) is -1.30. The highest BCUT2D eigenvalue weighted by Gasteiger charge is 2.14. The molecule has 0 aliphatic rings. The summed E-state index contributed by atoms with van der Waals surface area (Å²) in [5.41, 5.74) is 0.932. The number of fused-ring (bicyclic) bond motifs is 1. The summed E-state index contributed by atoms with van der Waals surface area (Å²) in [6.45, 7) is 1.44. The fourth-order valence-corrected chi connectivity index (χ4v) is 2.59. The molecule has 0 aliphatic heterocycles. The van der Waals surface area contributed by atoms with Crippen molar-refractivity contribution in [3.05, 3.63) is 29.3 Å². The van der Waals surface area contributed by atoms with Gasteiger partial charge in [0.15, 0.2) is 0 Å². The molecule has 2 N–H and O–H groups in total. The van der Waals surface area contributed by atoms with Crippen LogP contribution in [0.15, 0.2) is 24.3 Å². The summed E-state index contributed by atoms with van der Waals surface area (Å²) in [6.07, 6.45) is 0.773. The van der Waals surface area contributed by atoms with Gasteiger partial charge < -0.3 is 10.4 Å². The third kappa shape index (κ3) is 3.51. The third-order valence-corrected chi connectivity index (χ3v) is 3.75. The number of carbonyl (C=O) groups is 2. The molecule has 0 saturated heterocycles. The van der Waals surface area contributed by atoms with Crippen LogP contribution >= 0.6 is 11.3 Å². The van der Waals surface area contributed by atoms with Crippen LogP contribution in [-0.2, 0) is 16.0 Å². The first-order chi connectivity index (χ1) is 9.06. The normalized spacial score (nSPS) is 12.3. The average Bonchev–Trinajstić information content (AvgIpc) is 2.78. The molecule has 5 nitrogen and oxygen atoms in total. The fourth-order valence-electron chi connectivity index (χ4n) is 1.62. The number of hydrogen-bond donors (Lipinski definition) is 2. The number of benzene rings is 1. The highest BCUT2D eigenvalue weighted by molar-refractivity contribution is 7.18. The van der Waals surface area contributed by atoms with Gasteiger partial charge in [-0.15, -0.1) is 11.3 Å². The Balaban J connectivity index is 1.91. The second-order valence-electron chi connectivity index (χ2n) is 4.20. The van der Waals surface area contributed by atoms with Crippen molar-refractivity contribution in [2.75, 3.05) is 0 Å². The van der Waals surface area contributed by atoms with Gasteiger partial charge in [0, 0.05) is 12.8 Å². The first kappa shape index (κ1) is 13.5. The Kier molecular flexibility index (Phi) is 4.11. The Morgan fingerprint density at radius 1 is 1.42 bits per heavy atom. The monoisotopic (exact) mass is 278 g/mol. The molecule has 1 aromatic carbocycles. The van der Waals surface area contributed by atoms with Crippen LogP contribution in [0.1, 0.15) is 18.4 Å². The zero-order chi connectivity index (χ0) is 13.8. The van der Waals surface area contributed by atoms with Crippen LogP contribution in [-0.4, -0.2) is 28.0 Å². The van der Waals surface area contributed by atoms with Crippen molar-refractivity contribution in [2.45, 2.75) is 25.8 Å². The maximum absolute atomic E-state index is 11.5. The van der Waals surface area contributed by atoms with Crippen molar-refractivity contribution < 1.29 is 14.7 Å². The summed E-state index contributed by atoms with van der Waals surface area (Å²) < 4.78 is 1.09. The summed E-state index contributed by atoms with van der Waals surface area (Å²) in [6, 6.07) is 6.94. The number of aromatic nitrogens is 1. The van der Waals surface area contributed by atoms with Gasteiger partial charge in [0.1, 0.15) is 6.04 Å². The van der Waals surface area contributed by atoms with E-state index in [2.05, 4.69) is 10.3 Å². The third-order valence-electron chi connectivity index (χ3n) is 2.65. The molecule has 0 spiro atoms. The number of aryl methyl sites for hydroxylation is 1. The van der Waals surface area contributed by atoms with Gasteiger partial charge in [-0.3, -0.25) is 9.59 Å². The Morgan fingerprint density at radius 3 is 2.84 bits per heavy atom. The van der Waals surface area contributed by atoms with Gasteiger partial charge in [0.2, 0.25) is 5.91 Å². The van der Waals surface area contributed by atoms with E-state index in [1.165, 1.54) is 6.92 Å². The van der Waals surface area contributed by atoms with Gasteiger partial charge >= 0.3 is 5.97 Å². The van der Waals surface area contributed by atoms with E-state index in [9.17, 15) is 9.59 Å². The number of thiazole rings is 1. The lowest BCUT2D eigenvalue weighted by molar-refractivity contribution is -0.141. The number of para-hydroxylation sites is 1. The number of carboxylic acid groups (broad SMARTS) is 1. The Hall–Kier alpha value is -1.95. The Morgan fingerprint density at radius 2 is 2.16 bits per heavy atom. The molecule has 19 heavy (non-hydrogen) atoms. The quantitative estimate of drug-likeness (QED) is 0.874. The van der Waals surface area contributed by atoms with Crippen molar-refractivity contribution in [2.24, 2.45) is 0 Å². The van der Waals surface area contributed by atoms with E-state index in [1.54, 1.807) is 11.3 Å². The van der Waals surface area contributed by atoms with Crippen molar-refractivity contribution in [1.82, 2.24) is 10.3 Å². The van der Waals surface area contributed by atoms with E-state index in [0.29, 0.717) is 6.42 Å². The lowest BCUT2D eigenvalue weighted by atomic mass is 10.2. The summed E-state index contributed by atoms with van der Waals surface area (Å²) in [5, 5.41) is 12.0. The smallest absolute Gasteiger partial charge is 0.325 e. The van der Waals surface area contributed by atoms with E-state index >= 15 is 0 Å². The molecule has 0 fully saturated rings. The van der Waals surface area contributed by atoms with Gasteiger partial charge in [-0.1, -0.05) is 12.1 Å². The molecule has 0 aliphatic carbocycles. The molecule has 1 heterocycles. The van der Waals surface area contributed by atoms with Gasteiger partial charge in [-0.25, -0.2) is 4.98 Å². The minimum atomic E-state index is -1.03. The minimum Gasteiger partial charge on any atom is -0.480 e. The minimum absolute atomic E-state index is 0.247. The van der Waals surface area contributed by atoms with Crippen LogP contribution in [0.25, 0.3) is 10.2 Å². The predicted molar refractivity (Wildman–Crippen MR) is 73.2 cm³/mol. The number of amides is 1. The topological polar surface area (TPSA) is 79.3 Å². The van der Waals surface area contributed by atoms with Gasteiger partial charge in [0.05, 0.1) is 15.2 Å². The molecule has 0 saturated carbocycles. The largest absolute Gasteiger partial charge is 0.480 e. The first-order valence-corrected chi connectivity index (χ1v) is 6.74. The van der Waals surface area contributed by atoms with Crippen LogP contribution < -0.4 is 5.32 Å². The number of rotatable bonds is 5. The predicted octanol–water partition coefficient (Wildman–Crippen LogP) is 1.82. The lowest BCUT2D eigenvalue weighted by Crippen LogP contribution is -2.38. The second kappa shape index (κ2) is 5.79. The maximum atomic E-state index is 11.5. The summed E-state index contributed by atoms with van der Waals surface area (Å²) in [4.78, 5) is 26.6. The summed E-state index contributed by atoms with van der Waals surface area (Å²) >= 11 is 1.56. The van der Waals surface area contributed by atoms with E-state index < -0.39 is 12.0 Å². The summed E-state index contributed by atoms with van der Waals surface area (Å²) in [7, 11) is 0. The molecule has 0 radical (unpaired) electrons. The zero-order valence-electron chi connectivity index (χ0n) is 10.4. The van der Waals surface area contributed by atoms with Crippen LogP contribution in [0.2, 0.25) is 0 Å². The molecule has 100 valence electrons. The van der Waals surface area contributed by atoms with Gasteiger partial charge in [-0.2, -0.15) is 0 Å². The number of nitrogens with zero attached hydrogens (tertiary/aromatic N) is 1. The SMILES string of the molecule is C[C@H](NC(=O)CCc1nc2ccccc2s1)C(=O)O. The molecule has 2 aromatic rings. The maximum Gasteiger partial charge on any atom is 0.325 e. The molecule has 1 amide bonds. The van der Waals surface area contributed by atoms with Crippen molar-refractivity contribution >= 4 is 33.4 Å². The van der Waals surface area contributed by atoms with E-state index in [0.717, 1.165) is 15.2 Å². The standard InChI is InChI=1S/C13H14N2O3S/c1-8(13(17)18)14-11(16)6-7-12-15-9-4-2-3-5-10(9)19-12/h2-5,8H,6-7H2,1H3,(H,14,16)(H,17,18)/t8-/m0/s1. The van der Waals surface area contributed by atoms with Gasteiger partial charge in [0.25, 0.3) is 0 Å². The molecule has 0 unspecified atom stereocenters. The van der Waals surface area contributed by atoms with Crippen LogP contribution in [0.3, 0.4) is 0 Å². The number of carbonyl (C=O) groups excluding carboxylic acids is 1. The number of nitrogens with one attached hydrogen (secondary N) is 1. The molecular formula is C13H14N2O3S. The fraction of sp³-hybridized carbons (Fsp3) is 0.308. The Labute approximate surface area is 114 Å². The Bertz CT molecular complexity index is 576. The number of aliphatic carboxylic acids is 1. The number of hydrogen-bond acceptors (Lipinski definition) is 4. The molecule has 0 bridgehead atoms. The van der Waals surface area contributed by atoms with Crippen LogP contribution in [0, 0.1) is 0 Å².